The zero-order valence-corrected chi connectivity index (χ0v) is 13.7. The molecule has 1 aromatic rings. The van der Waals surface area contributed by atoms with Crippen LogP contribution in [-0.2, 0) is 4.84 Å². The van der Waals surface area contributed by atoms with Crippen LogP contribution >= 0.6 is 0 Å². The number of nitro benzene ring substituents is 1. The molecule has 0 amide bonds. The number of anilines is 1. The van der Waals surface area contributed by atoms with E-state index in [-0.39, 0.29) is 17.7 Å². The van der Waals surface area contributed by atoms with Gasteiger partial charge in [0.05, 0.1) is 4.92 Å². The van der Waals surface area contributed by atoms with Gasteiger partial charge in [-0.2, -0.15) is 0 Å². The molecular formula is C15H23N3O5. The van der Waals surface area contributed by atoms with Crippen LogP contribution < -0.4 is 4.90 Å². The second kappa shape index (κ2) is 8.30. The Labute approximate surface area is 135 Å². The Balaban J connectivity index is 2.72. The van der Waals surface area contributed by atoms with Gasteiger partial charge >= 0.3 is 0 Å². The molecule has 1 aromatic carbocycles. The summed E-state index contributed by atoms with van der Waals surface area (Å²) < 4.78 is 0. The molecule has 0 spiro atoms. The van der Waals surface area contributed by atoms with Crippen LogP contribution in [0.5, 0.6) is 0 Å². The second-order valence-corrected chi connectivity index (χ2v) is 6.48. The fourth-order valence-electron chi connectivity index (χ4n) is 2.18. The van der Waals surface area contributed by atoms with Crippen LogP contribution in [0.15, 0.2) is 24.3 Å². The topological polar surface area (TPSA) is 98.8 Å². The minimum absolute atomic E-state index is 0.0185. The molecule has 0 fully saturated rings. The van der Waals surface area contributed by atoms with Crippen LogP contribution in [0.3, 0.4) is 0 Å². The van der Waals surface area contributed by atoms with Crippen LogP contribution in [0, 0.1) is 25.6 Å². The summed E-state index contributed by atoms with van der Waals surface area (Å²) in [5.41, 5.74) is 1.01. The Morgan fingerprint density at radius 3 is 2.17 bits per heavy atom. The lowest BCUT2D eigenvalue weighted by molar-refractivity contribution is -0.757. The van der Waals surface area contributed by atoms with E-state index in [1.165, 1.54) is 12.1 Å². The predicted octanol–water partition coefficient (Wildman–Crippen LogP) is 3.44. The van der Waals surface area contributed by atoms with Crippen molar-refractivity contribution in [3.8, 4) is 0 Å². The minimum atomic E-state index is -0.816. The highest BCUT2D eigenvalue weighted by Crippen LogP contribution is 2.23. The summed E-state index contributed by atoms with van der Waals surface area (Å²) in [6, 6.07) is 6.17. The van der Waals surface area contributed by atoms with Gasteiger partial charge in [0, 0.05) is 30.9 Å². The number of hydrogen-bond acceptors (Lipinski definition) is 6. The molecule has 0 radical (unpaired) electrons. The van der Waals surface area contributed by atoms with E-state index in [0.717, 1.165) is 18.5 Å². The van der Waals surface area contributed by atoms with Gasteiger partial charge in [0.15, 0.2) is 0 Å². The molecule has 0 aliphatic carbocycles. The van der Waals surface area contributed by atoms with Crippen molar-refractivity contribution in [1.82, 2.24) is 0 Å². The number of nitrogens with zero attached hydrogens (tertiary/aromatic N) is 3. The molecule has 0 saturated heterocycles. The Kier molecular flexibility index (Phi) is 6.74. The highest BCUT2D eigenvalue weighted by Gasteiger charge is 2.13. The van der Waals surface area contributed by atoms with E-state index in [0.29, 0.717) is 13.1 Å². The molecule has 0 aromatic heterocycles. The summed E-state index contributed by atoms with van der Waals surface area (Å²) in [6.07, 6.45) is 1.92. The number of hydrogen-bond donors (Lipinski definition) is 0. The lowest BCUT2D eigenvalue weighted by Crippen LogP contribution is -2.29. The smallest absolute Gasteiger partial charge is 0.294 e. The van der Waals surface area contributed by atoms with Gasteiger partial charge in [-0.1, -0.05) is 20.8 Å². The van der Waals surface area contributed by atoms with Crippen molar-refractivity contribution in [3.63, 3.8) is 0 Å². The Hall–Kier alpha value is -2.38. The summed E-state index contributed by atoms with van der Waals surface area (Å²) in [7, 11) is 0. The van der Waals surface area contributed by atoms with Gasteiger partial charge in [-0.3, -0.25) is 10.1 Å². The van der Waals surface area contributed by atoms with E-state index in [9.17, 15) is 20.2 Å². The van der Waals surface area contributed by atoms with Crippen molar-refractivity contribution >= 4 is 11.4 Å². The number of nitro groups is 1. The second-order valence-electron chi connectivity index (χ2n) is 6.48. The first-order chi connectivity index (χ1) is 10.7. The number of non-ortho nitro benzene ring substituents is 1. The zero-order chi connectivity index (χ0) is 17.5. The normalized spacial score (nSPS) is 11.1. The van der Waals surface area contributed by atoms with E-state index in [4.69, 9.17) is 0 Å². The summed E-state index contributed by atoms with van der Waals surface area (Å²) in [4.78, 5) is 26.8. The molecule has 0 saturated carbocycles. The molecule has 0 atom stereocenters. The number of benzene rings is 1. The van der Waals surface area contributed by atoms with E-state index < -0.39 is 10.0 Å². The molecule has 128 valence electrons. The molecule has 0 heterocycles. The van der Waals surface area contributed by atoms with E-state index in [1.807, 2.05) is 4.90 Å². The third-order valence-corrected chi connectivity index (χ3v) is 3.34. The van der Waals surface area contributed by atoms with Crippen LogP contribution in [0.1, 0.15) is 33.6 Å². The molecule has 0 unspecified atom stereocenters. The van der Waals surface area contributed by atoms with Gasteiger partial charge in [-0.25, -0.2) is 0 Å². The summed E-state index contributed by atoms with van der Waals surface area (Å²) in [6.45, 7) is 7.47. The van der Waals surface area contributed by atoms with Crippen molar-refractivity contribution in [3.05, 3.63) is 44.5 Å². The largest absolute Gasteiger partial charge is 0.370 e. The maximum absolute atomic E-state index is 10.7. The first-order valence-electron chi connectivity index (χ1n) is 7.46. The third kappa shape index (κ3) is 7.44. The standard InChI is InChI=1S/C15H23N3O5/c1-15(2,3)9-4-10-16(11-12-23-18(21)22)13-5-7-14(8-6-13)17(19)20/h5-8H,4,9-12H2,1-3H3. The summed E-state index contributed by atoms with van der Waals surface area (Å²) in [5, 5.41) is 20.2. The highest BCUT2D eigenvalue weighted by molar-refractivity contribution is 5.50. The third-order valence-electron chi connectivity index (χ3n) is 3.34. The molecule has 8 nitrogen and oxygen atoms in total. The van der Waals surface area contributed by atoms with Gasteiger partial charge < -0.3 is 9.74 Å². The molecule has 0 aliphatic rings. The maximum Gasteiger partial charge on any atom is 0.294 e. The molecular weight excluding hydrogens is 302 g/mol. The average Bonchev–Trinajstić information content (AvgIpc) is 2.44. The highest BCUT2D eigenvalue weighted by atomic mass is 16.9. The summed E-state index contributed by atoms with van der Waals surface area (Å²) >= 11 is 0. The van der Waals surface area contributed by atoms with Crippen LogP contribution in [0.4, 0.5) is 11.4 Å². The van der Waals surface area contributed by atoms with E-state index in [2.05, 4.69) is 25.6 Å². The van der Waals surface area contributed by atoms with Crippen molar-refractivity contribution in [2.75, 3.05) is 24.6 Å². The Bertz CT molecular complexity index is 525. The monoisotopic (exact) mass is 325 g/mol. The lowest BCUT2D eigenvalue weighted by atomic mass is 9.90. The van der Waals surface area contributed by atoms with E-state index in [1.54, 1.807) is 12.1 Å². The van der Waals surface area contributed by atoms with Gasteiger partial charge in [-0.05, 0) is 30.4 Å². The van der Waals surface area contributed by atoms with Gasteiger partial charge in [0.25, 0.3) is 10.8 Å². The molecule has 0 N–H and O–H groups in total. The molecule has 0 aliphatic heterocycles. The molecule has 1 rings (SSSR count). The molecule has 8 heteroatoms. The van der Waals surface area contributed by atoms with E-state index >= 15 is 0 Å². The zero-order valence-electron chi connectivity index (χ0n) is 13.7. The Morgan fingerprint density at radius 1 is 1.09 bits per heavy atom. The fourth-order valence-corrected chi connectivity index (χ4v) is 2.18. The van der Waals surface area contributed by atoms with Crippen LogP contribution in [0.2, 0.25) is 0 Å². The van der Waals surface area contributed by atoms with Crippen molar-refractivity contribution in [2.24, 2.45) is 5.41 Å². The van der Waals surface area contributed by atoms with Gasteiger partial charge in [0.2, 0.25) is 0 Å². The van der Waals surface area contributed by atoms with Gasteiger partial charge in [-0.15, -0.1) is 10.1 Å². The van der Waals surface area contributed by atoms with Gasteiger partial charge in [0.1, 0.15) is 6.61 Å². The van der Waals surface area contributed by atoms with Crippen molar-refractivity contribution < 1.29 is 14.8 Å². The quantitative estimate of drug-likeness (QED) is 0.509. The van der Waals surface area contributed by atoms with Crippen molar-refractivity contribution in [1.29, 1.82) is 0 Å². The van der Waals surface area contributed by atoms with Crippen LogP contribution in [-0.4, -0.2) is 29.7 Å². The lowest BCUT2D eigenvalue weighted by Gasteiger charge is -2.26. The fraction of sp³-hybridized carbons (Fsp3) is 0.600. The molecule has 23 heavy (non-hydrogen) atoms. The first-order valence-corrected chi connectivity index (χ1v) is 7.46. The summed E-state index contributed by atoms with van der Waals surface area (Å²) in [5.74, 6) is 0. The molecule has 0 bridgehead atoms. The van der Waals surface area contributed by atoms with Crippen LogP contribution in [0.25, 0.3) is 0 Å². The Morgan fingerprint density at radius 2 is 1.70 bits per heavy atom. The first kappa shape index (κ1) is 18.7. The maximum atomic E-state index is 10.7. The minimum Gasteiger partial charge on any atom is -0.370 e. The average molecular weight is 325 g/mol. The van der Waals surface area contributed by atoms with Crippen molar-refractivity contribution in [2.45, 2.75) is 33.6 Å². The SMILES string of the molecule is CC(C)(C)CCCN(CCO[N+](=O)[O-])c1ccc([N+](=O)[O-])cc1. The predicted molar refractivity (Wildman–Crippen MR) is 86.9 cm³/mol. The number of rotatable bonds is 9.